The molecular weight excluding hydrogens is 228 g/mol. The Kier molecular flexibility index (Phi) is 2.69. The number of carbonyl (C=O) groups excluding carboxylic acids is 2. The fourth-order valence-corrected chi connectivity index (χ4v) is 2.00. The summed E-state index contributed by atoms with van der Waals surface area (Å²) < 4.78 is 0. The zero-order chi connectivity index (χ0) is 11.7. The smallest absolute Gasteiger partial charge is 0.274 e. The lowest BCUT2D eigenvalue weighted by Gasteiger charge is -1.97. The van der Waals surface area contributed by atoms with Gasteiger partial charge < -0.3 is 0 Å². The van der Waals surface area contributed by atoms with E-state index in [0.29, 0.717) is 5.13 Å². The van der Waals surface area contributed by atoms with E-state index in [4.69, 9.17) is 0 Å². The van der Waals surface area contributed by atoms with Crippen LogP contribution in [0.5, 0.6) is 0 Å². The highest BCUT2D eigenvalue weighted by atomic mass is 32.1. The summed E-state index contributed by atoms with van der Waals surface area (Å²) in [6.07, 6.45) is 0.0230. The van der Waals surface area contributed by atoms with Crippen molar-refractivity contribution in [1.29, 1.82) is 0 Å². The Morgan fingerprint density at radius 3 is 2.75 bits per heavy atom. The van der Waals surface area contributed by atoms with Crippen molar-refractivity contribution in [2.75, 3.05) is 5.32 Å². The molecule has 16 heavy (non-hydrogen) atoms. The molecule has 2 amide bonds. The van der Waals surface area contributed by atoms with Crippen LogP contribution >= 0.6 is 11.3 Å². The average Bonchev–Trinajstić information content (AvgIpc) is 2.75. The number of rotatable bonds is 2. The highest BCUT2D eigenvalue weighted by Gasteiger charge is 2.22. The number of nitrogens with one attached hydrogen (secondary N) is 2. The monoisotopic (exact) mass is 238 g/mol. The number of nitrogens with zero attached hydrogens (tertiary/aromatic N) is 2. The third kappa shape index (κ3) is 2.08. The Balaban J connectivity index is 2.05. The van der Waals surface area contributed by atoms with Gasteiger partial charge in [-0.25, -0.2) is 10.4 Å². The minimum Gasteiger partial charge on any atom is -0.297 e. The first-order valence-corrected chi connectivity index (χ1v) is 5.48. The van der Waals surface area contributed by atoms with Gasteiger partial charge in [0.05, 0.1) is 12.1 Å². The van der Waals surface area contributed by atoms with E-state index in [9.17, 15) is 9.59 Å². The van der Waals surface area contributed by atoms with Crippen LogP contribution in [0.15, 0.2) is 5.10 Å². The zero-order valence-electron chi connectivity index (χ0n) is 8.83. The number of anilines is 1. The fourth-order valence-electron chi connectivity index (χ4n) is 1.19. The van der Waals surface area contributed by atoms with Crippen molar-refractivity contribution >= 4 is 34.0 Å². The van der Waals surface area contributed by atoms with E-state index in [1.807, 2.05) is 13.8 Å². The van der Waals surface area contributed by atoms with Crippen LogP contribution in [0.2, 0.25) is 0 Å². The van der Waals surface area contributed by atoms with Crippen molar-refractivity contribution in [3.63, 3.8) is 0 Å². The minimum absolute atomic E-state index is 0.0230. The van der Waals surface area contributed by atoms with Gasteiger partial charge in [0, 0.05) is 4.88 Å². The van der Waals surface area contributed by atoms with Gasteiger partial charge in [-0.15, -0.1) is 11.3 Å². The number of aromatic nitrogens is 1. The molecule has 84 valence electrons. The molecule has 0 bridgehead atoms. The zero-order valence-corrected chi connectivity index (χ0v) is 9.64. The Bertz CT molecular complexity index is 472. The molecule has 2 heterocycles. The van der Waals surface area contributed by atoms with Gasteiger partial charge >= 0.3 is 0 Å². The van der Waals surface area contributed by atoms with E-state index in [-0.39, 0.29) is 23.9 Å². The molecule has 0 saturated carbocycles. The first kappa shape index (κ1) is 10.7. The Labute approximate surface area is 95.8 Å². The molecule has 1 aliphatic heterocycles. The minimum atomic E-state index is -0.382. The molecule has 0 saturated heterocycles. The molecule has 2 rings (SSSR count). The summed E-state index contributed by atoms with van der Waals surface area (Å²) in [5.41, 5.74) is 3.31. The van der Waals surface area contributed by atoms with E-state index < -0.39 is 0 Å². The molecule has 0 spiro atoms. The number of carbonyl (C=O) groups is 2. The van der Waals surface area contributed by atoms with Crippen LogP contribution in [0.25, 0.3) is 0 Å². The van der Waals surface area contributed by atoms with Gasteiger partial charge in [0.1, 0.15) is 5.71 Å². The molecule has 0 fully saturated rings. The van der Waals surface area contributed by atoms with E-state index in [1.165, 1.54) is 11.3 Å². The second-order valence-corrected chi connectivity index (χ2v) is 4.59. The normalized spacial score (nSPS) is 14.6. The summed E-state index contributed by atoms with van der Waals surface area (Å²) in [6.45, 7) is 3.81. The Morgan fingerprint density at radius 1 is 1.50 bits per heavy atom. The number of hydrazone groups is 1. The highest BCUT2D eigenvalue weighted by molar-refractivity contribution is 7.15. The largest absolute Gasteiger partial charge is 0.297 e. The molecule has 0 atom stereocenters. The van der Waals surface area contributed by atoms with Gasteiger partial charge in [-0.3, -0.25) is 14.9 Å². The van der Waals surface area contributed by atoms with Gasteiger partial charge in [-0.1, -0.05) is 0 Å². The molecule has 2 N–H and O–H groups in total. The van der Waals surface area contributed by atoms with Crippen molar-refractivity contribution in [3.05, 3.63) is 10.6 Å². The van der Waals surface area contributed by atoms with Crippen LogP contribution in [0.4, 0.5) is 5.13 Å². The summed E-state index contributed by atoms with van der Waals surface area (Å²) in [4.78, 5) is 27.7. The SMILES string of the molecule is Cc1nc(NC(=O)C2=NNC(=O)C2)sc1C. The van der Waals surface area contributed by atoms with Crippen molar-refractivity contribution in [1.82, 2.24) is 10.4 Å². The quantitative estimate of drug-likeness (QED) is 0.790. The summed E-state index contributed by atoms with van der Waals surface area (Å²) in [5.74, 6) is -0.649. The molecule has 1 aliphatic rings. The highest BCUT2D eigenvalue weighted by Crippen LogP contribution is 2.21. The standard InChI is InChI=1S/C9H10N4O2S/c1-4-5(2)16-9(10-4)11-8(15)6-3-7(14)13-12-6/h3H2,1-2H3,(H,13,14)(H,10,11,15). The first-order chi connectivity index (χ1) is 7.56. The van der Waals surface area contributed by atoms with Gasteiger partial charge in [0.2, 0.25) is 5.91 Å². The number of aryl methyl sites for hydroxylation is 2. The van der Waals surface area contributed by atoms with E-state index in [1.54, 1.807) is 0 Å². The number of thiazole rings is 1. The second-order valence-electron chi connectivity index (χ2n) is 3.38. The molecule has 0 unspecified atom stereocenters. The molecule has 7 heteroatoms. The molecule has 0 aliphatic carbocycles. The number of hydrogen-bond donors (Lipinski definition) is 2. The van der Waals surface area contributed by atoms with Crippen molar-refractivity contribution < 1.29 is 9.59 Å². The third-order valence-electron chi connectivity index (χ3n) is 2.15. The molecule has 1 aromatic rings. The first-order valence-electron chi connectivity index (χ1n) is 4.67. The Hall–Kier alpha value is -1.76. The topological polar surface area (TPSA) is 83.4 Å². The van der Waals surface area contributed by atoms with E-state index in [2.05, 4.69) is 20.8 Å². The average molecular weight is 238 g/mol. The van der Waals surface area contributed by atoms with Crippen LogP contribution in [0, 0.1) is 13.8 Å². The molecule has 0 aromatic carbocycles. The third-order valence-corrected chi connectivity index (χ3v) is 3.14. The van der Waals surface area contributed by atoms with Gasteiger partial charge in [-0.2, -0.15) is 5.10 Å². The van der Waals surface area contributed by atoms with Gasteiger partial charge in [0.15, 0.2) is 5.13 Å². The van der Waals surface area contributed by atoms with Crippen LogP contribution in [0.3, 0.4) is 0 Å². The summed E-state index contributed by atoms with van der Waals surface area (Å²) in [6, 6.07) is 0. The molecule has 0 radical (unpaired) electrons. The van der Waals surface area contributed by atoms with Crippen molar-refractivity contribution in [3.8, 4) is 0 Å². The maximum absolute atomic E-state index is 11.6. The fraction of sp³-hybridized carbons (Fsp3) is 0.333. The molecular formula is C9H10N4O2S. The van der Waals surface area contributed by atoms with Crippen LogP contribution in [-0.2, 0) is 9.59 Å². The number of amides is 2. The van der Waals surface area contributed by atoms with Crippen molar-refractivity contribution in [2.45, 2.75) is 20.3 Å². The van der Waals surface area contributed by atoms with Gasteiger partial charge in [0.25, 0.3) is 5.91 Å². The number of hydrogen-bond acceptors (Lipinski definition) is 5. The Morgan fingerprint density at radius 2 is 2.25 bits per heavy atom. The van der Waals surface area contributed by atoms with E-state index in [0.717, 1.165) is 10.6 Å². The lowest BCUT2D eigenvalue weighted by Crippen LogP contribution is -2.22. The predicted octanol–water partition coefficient (Wildman–Crippen LogP) is 0.574. The second kappa shape index (κ2) is 4.01. The maximum Gasteiger partial charge on any atom is 0.274 e. The van der Waals surface area contributed by atoms with Crippen LogP contribution in [-0.4, -0.2) is 22.5 Å². The molecule has 6 nitrogen and oxygen atoms in total. The lowest BCUT2D eigenvalue weighted by atomic mass is 10.2. The predicted molar refractivity (Wildman–Crippen MR) is 60.4 cm³/mol. The summed E-state index contributed by atoms with van der Waals surface area (Å²) in [5, 5.41) is 6.77. The van der Waals surface area contributed by atoms with Crippen molar-refractivity contribution in [2.24, 2.45) is 5.10 Å². The molecule has 1 aromatic heterocycles. The lowest BCUT2D eigenvalue weighted by molar-refractivity contribution is -0.119. The summed E-state index contributed by atoms with van der Waals surface area (Å²) >= 11 is 1.40. The van der Waals surface area contributed by atoms with E-state index >= 15 is 0 Å². The maximum atomic E-state index is 11.6. The van der Waals surface area contributed by atoms with Gasteiger partial charge in [-0.05, 0) is 13.8 Å². The van der Waals surface area contributed by atoms with Crippen LogP contribution in [0.1, 0.15) is 17.0 Å². The summed E-state index contributed by atoms with van der Waals surface area (Å²) in [7, 11) is 0. The van der Waals surface area contributed by atoms with Crippen LogP contribution < -0.4 is 10.7 Å².